The van der Waals surface area contributed by atoms with Gasteiger partial charge in [-0.05, 0) is 31.7 Å². The summed E-state index contributed by atoms with van der Waals surface area (Å²) in [7, 11) is 2.53. The predicted molar refractivity (Wildman–Crippen MR) is 82.3 cm³/mol. The molecule has 1 aromatic heterocycles. The number of furan rings is 1. The normalized spacial score (nSPS) is 23.7. The van der Waals surface area contributed by atoms with Crippen molar-refractivity contribution < 1.29 is 28.3 Å². The molecule has 1 aliphatic carbocycles. The van der Waals surface area contributed by atoms with Gasteiger partial charge in [0, 0.05) is 12.5 Å². The van der Waals surface area contributed by atoms with Gasteiger partial charge in [-0.3, -0.25) is 9.59 Å². The van der Waals surface area contributed by atoms with Crippen molar-refractivity contribution in [2.45, 2.75) is 37.6 Å². The second-order valence-corrected chi connectivity index (χ2v) is 6.21. The van der Waals surface area contributed by atoms with Crippen LogP contribution in [-0.4, -0.2) is 49.6 Å². The van der Waals surface area contributed by atoms with Crippen molar-refractivity contribution in [3.63, 3.8) is 0 Å². The quantitative estimate of drug-likeness (QED) is 0.779. The molecule has 2 heterocycles. The Morgan fingerprint density at radius 2 is 1.83 bits per heavy atom. The van der Waals surface area contributed by atoms with E-state index in [9.17, 15) is 14.4 Å². The monoisotopic (exact) mass is 335 g/mol. The average Bonchev–Trinajstić information content (AvgIpc) is 3.35. The van der Waals surface area contributed by atoms with Crippen molar-refractivity contribution in [1.29, 1.82) is 0 Å². The van der Waals surface area contributed by atoms with Crippen LogP contribution in [0.25, 0.3) is 0 Å². The maximum Gasteiger partial charge on any atom is 0.329 e. The molecule has 1 saturated carbocycles. The number of hydrogen-bond donors (Lipinski definition) is 0. The van der Waals surface area contributed by atoms with Gasteiger partial charge in [-0.1, -0.05) is 0 Å². The lowest BCUT2D eigenvalue weighted by atomic mass is 9.88. The molecule has 7 nitrogen and oxygen atoms in total. The molecule has 1 saturated heterocycles. The highest BCUT2D eigenvalue weighted by molar-refractivity contribution is 5.99. The Kier molecular flexibility index (Phi) is 4.59. The molecule has 2 fully saturated rings. The molecule has 2 atom stereocenters. The first-order valence-electron chi connectivity index (χ1n) is 8.12. The summed E-state index contributed by atoms with van der Waals surface area (Å²) in [4.78, 5) is 38.7. The van der Waals surface area contributed by atoms with Gasteiger partial charge in [0.25, 0.3) is 5.91 Å². The van der Waals surface area contributed by atoms with Crippen molar-refractivity contribution in [2.24, 2.45) is 5.92 Å². The lowest BCUT2D eigenvalue weighted by Gasteiger charge is -2.38. The van der Waals surface area contributed by atoms with Gasteiger partial charge in [0.2, 0.25) is 0 Å². The van der Waals surface area contributed by atoms with E-state index in [1.165, 1.54) is 25.4 Å². The Morgan fingerprint density at radius 1 is 1.12 bits per heavy atom. The highest BCUT2D eigenvalue weighted by Crippen LogP contribution is 2.42. The van der Waals surface area contributed by atoms with Gasteiger partial charge in [-0.15, -0.1) is 0 Å². The summed E-state index contributed by atoms with van der Waals surface area (Å²) in [6, 6.07) is 0.664. The number of ether oxygens (including phenoxy) is 2. The first-order chi connectivity index (χ1) is 11.6. The number of carbonyl (C=O) groups is 3. The molecule has 0 unspecified atom stereocenters. The van der Waals surface area contributed by atoms with Gasteiger partial charge in [-0.25, -0.2) is 4.79 Å². The second kappa shape index (κ2) is 6.67. The fourth-order valence-corrected chi connectivity index (χ4v) is 3.35. The van der Waals surface area contributed by atoms with Gasteiger partial charge in [0.15, 0.2) is 0 Å². The molecule has 0 N–H and O–H groups in total. The van der Waals surface area contributed by atoms with Gasteiger partial charge < -0.3 is 18.8 Å². The molecule has 1 aromatic rings. The number of hydrogen-bond acceptors (Lipinski definition) is 6. The van der Waals surface area contributed by atoms with E-state index in [1.807, 2.05) is 0 Å². The van der Waals surface area contributed by atoms with E-state index in [0.717, 1.165) is 12.8 Å². The largest absolute Gasteiger partial charge is 0.469 e. The van der Waals surface area contributed by atoms with Crippen LogP contribution in [0.4, 0.5) is 0 Å². The molecular weight excluding hydrogens is 314 g/mol. The molecule has 2 aliphatic rings. The highest BCUT2D eigenvalue weighted by atomic mass is 16.5. The van der Waals surface area contributed by atoms with Crippen LogP contribution in [-0.2, 0) is 19.1 Å². The number of amides is 1. The number of esters is 2. The van der Waals surface area contributed by atoms with Crippen LogP contribution in [0, 0.1) is 5.92 Å². The number of rotatable bonds is 4. The summed E-state index contributed by atoms with van der Waals surface area (Å²) in [6.45, 7) is 0.390. The van der Waals surface area contributed by atoms with E-state index in [2.05, 4.69) is 0 Å². The fourth-order valence-electron chi connectivity index (χ4n) is 3.35. The van der Waals surface area contributed by atoms with Gasteiger partial charge in [0.1, 0.15) is 11.8 Å². The molecule has 7 heteroatoms. The van der Waals surface area contributed by atoms with Crippen LogP contribution in [0.1, 0.15) is 47.7 Å². The van der Waals surface area contributed by atoms with E-state index in [4.69, 9.17) is 13.9 Å². The molecule has 1 amide bonds. The van der Waals surface area contributed by atoms with Crippen molar-refractivity contribution in [1.82, 2.24) is 4.90 Å². The molecule has 24 heavy (non-hydrogen) atoms. The Morgan fingerprint density at radius 3 is 2.46 bits per heavy atom. The van der Waals surface area contributed by atoms with Crippen molar-refractivity contribution >= 4 is 17.8 Å². The first-order valence-corrected chi connectivity index (χ1v) is 8.12. The van der Waals surface area contributed by atoms with Crippen molar-refractivity contribution in [3.8, 4) is 0 Å². The molecular formula is C17H21NO6. The number of methoxy groups -OCH3 is 2. The van der Waals surface area contributed by atoms with Crippen LogP contribution >= 0.6 is 0 Å². The SMILES string of the molecule is COC(=O)[C@@H]1CCCN(C(=O)c2ccoc2C2CC2)[C@H]1C(=O)OC. The lowest BCUT2D eigenvalue weighted by Crippen LogP contribution is -2.55. The number of carbonyl (C=O) groups excluding carboxylic acids is 3. The zero-order valence-electron chi connectivity index (χ0n) is 13.8. The summed E-state index contributed by atoms with van der Waals surface area (Å²) in [5.41, 5.74) is 0.469. The van der Waals surface area contributed by atoms with E-state index in [-0.39, 0.29) is 11.8 Å². The number of piperidine rings is 1. The van der Waals surface area contributed by atoms with Gasteiger partial charge >= 0.3 is 11.9 Å². The fraction of sp³-hybridized carbons (Fsp3) is 0.588. The zero-order valence-corrected chi connectivity index (χ0v) is 13.8. The topological polar surface area (TPSA) is 86.0 Å². The summed E-state index contributed by atoms with van der Waals surface area (Å²) in [5.74, 6) is -1.17. The van der Waals surface area contributed by atoms with Crippen molar-refractivity contribution in [3.05, 3.63) is 23.7 Å². The molecule has 130 valence electrons. The van der Waals surface area contributed by atoms with E-state index < -0.39 is 23.9 Å². The molecule has 0 radical (unpaired) electrons. The Hall–Kier alpha value is -2.31. The van der Waals surface area contributed by atoms with Gasteiger partial charge in [-0.2, -0.15) is 0 Å². The smallest absolute Gasteiger partial charge is 0.329 e. The third kappa shape index (κ3) is 2.90. The molecule has 1 aliphatic heterocycles. The minimum atomic E-state index is -0.967. The van der Waals surface area contributed by atoms with Crippen LogP contribution < -0.4 is 0 Å². The second-order valence-electron chi connectivity index (χ2n) is 6.21. The minimum absolute atomic E-state index is 0.275. The van der Waals surface area contributed by atoms with E-state index in [0.29, 0.717) is 30.7 Å². The number of likely N-dealkylation sites (tertiary alicyclic amines) is 1. The average molecular weight is 335 g/mol. The number of nitrogens with zero attached hydrogens (tertiary/aromatic N) is 1. The molecule has 0 spiro atoms. The summed E-state index contributed by atoms with van der Waals surface area (Å²) in [6.07, 6.45) is 4.60. The summed E-state index contributed by atoms with van der Waals surface area (Å²) >= 11 is 0. The predicted octanol–water partition coefficient (Wildman–Crippen LogP) is 1.72. The third-order valence-electron chi connectivity index (χ3n) is 4.71. The first kappa shape index (κ1) is 16.5. The standard InChI is InChI=1S/C17H21NO6/c1-22-16(20)11-4-3-8-18(13(11)17(21)23-2)15(19)12-7-9-24-14(12)10-5-6-10/h7,9-11,13H,3-6,8H2,1-2H3/t11-,13-/m1/s1. The van der Waals surface area contributed by atoms with Crippen LogP contribution in [0.15, 0.2) is 16.7 Å². The van der Waals surface area contributed by atoms with E-state index >= 15 is 0 Å². The third-order valence-corrected chi connectivity index (χ3v) is 4.71. The zero-order chi connectivity index (χ0) is 17.3. The molecule has 0 bridgehead atoms. The summed E-state index contributed by atoms with van der Waals surface area (Å²) in [5, 5.41) is 0. The lowest BCUT2D eigenvalue weighted by molar-refractivity contribution is -0.160. The van der Waals surface area contributed by atoms with Crippen molar-refractivity contribution in [2.75, 3.05) is 20.8 Å². The maximum atomic E-state index is 13.0. The Balaban J connectivity index is 1.90. The van der Waals surface area contributed by atoms with Crippen LogP contribution in [0.3, 0.4) is 0 Å². The molecule has 3 rings (SSSR count). The summed E-state index contributed by atoms with van der Waals surface area (Å²) < 4.78 is 15.1. The van der Waals surface area contributed by atoms with Crippen LogP contribution in [0.5, 0.6) is 0 Å². The maximum absolute atomic E-state index is 13.0. The minimum Gasteiger partial charge on any atom is -0.469 e. The molecule has 0 aromatic carbocycles. The Labute approximate surface area is 139 Å². The van der Waals surface area contributed by atoms with Gasteiger partial charge in [0.05, 0.1) is 32.0 Å². The van der Waals surface area contributed by atoms with E-state index in [1.54, 1.807) is 6.07 Å². The highest BCUT2D eigenvalue weighted by Gasteiger charge is 2.45. The Bertz CT molecular complexity index is 647. The van der Waals surface area contributed by atoms with Crippen LogP contribution in [0.2, 0.25) is 0 Å².